The van der Waals surface area contributed by atoms with Gasteiger partial charge in [-0.25, -0.2) is 4.79 Å². The highest BCUT2D eigenvalue weighted by Crippen LogP contribution is 2.06. The second-order valence-electron chi connectivity index (χ2n) is 4.36. The predicted molar refractivity (Wildman–Crippen MR) is 64.6 cm³/mol. The number of aliphatic hydroxyl groups excluding tert-OH is 1. The molecule has 0 aliphatic rings. The Labute approximate surface area is 108 Å². The number of hydrogen-bond donors (Lipinski definition) is 1. The normalized spacial score (nSPS) is 12.1. The Morgan fingerprint density at radius 2 is 1.78 bits per heavy atom. The van der Waals surface area contributed by atoms with Crippen LogP contribution in [0.15, 0.2) is 0 Å². The Morgan fingerprint density at radius 1 is 1.17 bits per heavy atom. The summed E-state index contributed by atoms with van der Waals surface area (Å²) in [5.41, 5.74) is 0. The fourth-order valence-electron chi connectivity index (χ4n) is 1.52. The number of unbranched alkanes of at least 4 members (excludes halogenated alkanes) is 5. The van der Waals surface area contributed by atoms with E-state index in [9.17, 15) is 19.8 Å². The lowest BCUT2D eigenvalue weighted by molar-refractivity contribution is -0.306. The fourth-order valence-corrected chi connectivity index (χ4v) is 1.52. The van der Waals surface area contributed by atoms with Crippen molar-refractivity contribution in [3.63, 3.8) is 0 Å². The molecule has 0 fully saturated rings. The van der Waals surface area contributed by atoms with Crippen molar-refractivity contribution >= 4 is 11.9 Å². The summed E-state index contributed by atoms with van der Waals surface area (Å²) >= 11 is 0. The van der Waals surface area contributed by atoms with E-state index in [1.807, 2.05) is 0 Å². The molecule has 0 amide bonds. The number of ether oxygens (including phenoxy) is 1. The van der Waals surface area contributed by atoms with Gasteiger partial charge in [-0.1, -0.05) is 39.0 Å². The van der Waals surface area contributed by atoms with Gasteiger partial charge in [0.25, 0.3) is 0 Å². The van der Waals surface area contributed by atoms with Crippen molar-refractivity contribution in [2.45, 2.75) is 64.4 Å². The van der Waals surface area contributed by atoms with Gasteiger partial charge in [0, 0.05) is 5.97 Å². The van der Waals surface area contributed by atoms with Crippen LogP contribution in [0, 0.1) is 0 Å². The molecule has 0 heterocycles. The van der Waals surface area contributed by atoms with E-state index in [-0.39, 0.29) is 19.4 Å². The average Bonchev–Trinajstić information content (AvgIpc) is 2.34. The molecule has 0 bridgehead atoms. The molecule has 0 aromatic rings. The second kappa shape index (κ2) is 11.0. The maximum atomic E-state index is 11.2. The number of carboxylic acid groups (broad SMARTS) is 1. The third-order valence-corrected chi connectivity index (χ3v) is 2.64. The quantitative estimate of drug-likeness (QED) is 0.437. The van der Waals surface area contributed by atoms with Gasteiger partial charge in [-0.15, -0.1) is 0 Å². The summed E-state index contributed by atoms with van der Waals surface area (Å²) in [6, 6.07) is 0. The summed E-state index contributed by atoms with van der Waals surface area (Å²) in [6.45, 7) is 2.43. The minimum absolute atomic E-state index is 0.155. The molecule has 0 radical (unpaired) electrons. The van der Waals surface area contributed by atoms with Crippen molar-refractivity contribution < 1.29 is 24.5 Å². The van der Waals surface area contributed by atoms with Gasteiger partial charge in [-0.3, -0.25) is 0 Å². The minimum Gasteiger partial charge on any atom is -0.550 e. The van der Waals surface area contributed by atoms with Gasteiger partial charge in [-0.05, 0) is 19.3 Å². The zero-order valence-corrected chi connectivity index (χ0v) is 11.0. The second-order valence-corrected chi connectivity index (χ2v) is 4.36. The molecule has 0 aromatic heterocycles. The molecule has 18 heavy (non-hydrogen) atoms. The lowest BCUT2D eigenvalue weighted by atomic mass is 10.1. The molecule has 1 N–H and O–H groups in total. The molecule has 0 spiro atoms. The van der Waals surface area contributed by atoms with Crippen molar-refractivity contribution in [3.8, 4) is 0 Å². The standard InChI is InChI=1S/C13H24O5/c1-2-3-4-5-6-7-10-18-13(17)11(14)8-9-12(15)16/h11,14H,2-10H2,1H3,(H,15,16)/p-1. The van der Waals surface area contributed by atoms with Crippen LogP contribution in [0.4, 0.5) is 0 Å². The lowest BCUT2D eigenvalue weighted by Crippen LogP contribution is -2.28. The summed E-state index contributed by atoms with van der Waals surface area (Å²) in [5, 5.41) is 19.4. The molecule has 0 saturated heterocycles. The van der Waals surface area contributed by atoms with Crippen molar-refractivity contribution in [1.82, 2.24) is 0 Å². The van der Waals surface area contributed by atoms with E-state index in [1.165, 1.54) is 19.3 Å². The number of rotatable bonds is 11. The van der Waals surface area contributed by atoms with Crippen LogP contribution in [-0.2, 0) is 14.3 Å². The van der Waals surface area contributed by atoms with E-state index < -0.39 is 18.0 Å². The number of carbonyl (C=O) groups is 2. The van der Waals surface area contributed by atoms with Crippen LogP contribution in [0.25, 0.3) is 0 Å². The smallest absolute Gasteiger partial charge is 0.334 e. The van der Waals surface area contributed by atoms with Gasteiger partial charge < -0.3 is 19.7 Å². The van der Waals surface area contributed by atoms with Gasteiger partial charge in [-0.2, -0.15) is 0 Å². The molecule has 0 saturated carbocycles. The first-order chi connectivity index (χ1) is 8.57. The molecule has 0 rings (SSSR count). The van der Waals surface area contributed by atoms with Crippen LogP contribution >= 0.6 is 0 Å². The van der Waals surface area contributed by atoms with Gasteiger partial charge in [0.05, 0.1) is 6.61 Å². The molecule has 5 heteroatoms. The van der Waals surface area contributed by atoms with Gasteiger partial charge >= 0.3 is 5.97 Å². The summed E-state index contributed by atoms with van der Waals surface area (Å²) < 4.78 is 4.84. The van der Waals surface area contributed by atoms with E-state index in [4.69, 9.17) is 4.74 Å². The zero-order chi connectivity index (χ0) is 13.8. The summed E-state index contributed by atoms with van der Waals surface area (Å²) in [4.78, 5) is 21.3. The third kappa shape index (κ3) is 10.1. The lowest BCUT2D eigenvalue weighted by Gasteiger charge is -2.10. The Kier molecular flexibility index (Phi) is 10.3. The topological polar surface area (TPSA) is 86.7 Å². The third-order valence-electron chi connectivity index (χ3n) is 2.64. The number of aliphatic carboxylic acids is 1. The maximum absolute atomic E-state index is 11.2. The summed E-state index contributed by atoms with van der Waals surface area (Å²) in [5.74, 6) is -2.03. The Bertz CT molecular complexity index is 240. The van der Waals surface area contributed by atoms with Crippen LogP contribution in [0.5, 0.6) is 0 Å². The van der Waals surface area contributed by atoms with Crippen LogP contribution in [0.3, 0.4) is 0 Å². The Balaban J connectivity index is 3.43. The molecule has 0 aliphatic heterocycles. The molecular formula is C13H23O5-. The van der Waals surface area contributed by atoms with Gasteiger partial charge in [0.2, 0.25) is 0 Å². The van der Waals surface area contributed by atoms with Crippen molar-refractivity contribution in [1.29, 1.82) is 0 Å². The van der Waals surface area contributed by atoms with Crippen LogP contribution in [0.2, 0.25) is 0 Å². The maximum Gasteiger partial charge on any atom is 0.334 e. The first-order valence-electron chi connectivity index (χ1n) is 6.62. The van der Waals surface area contributed by atoms with Gasteiger partial charge in [0.1, 0.15) is 0 Å². The van der Waals surface area contributed by atoms with E-state index in [0.717, 1.165) is 19.3 Å². The van der Waals surface area contributed by atoms with Crippen LogP contribution < -0.4 is 5.11 Å². The number of carbonyl (C=O) groups excluding carboxylic acids is 2. The van der Waals surface area contributed by atoms with E-state index in [1.54, 1.807) is 0 Å². The van der Waals surface area contributed by atoms with Gasteiger partial charge in [0.15, 0.2) is 6.10 Å². The van der Waals surface area contributed by atoms with E-state index >= 15 is 0 Å². The molecular weight excluding hydrogens is 236 g/mol. The largest absolute Gasteiger partial charge is 0.550 e. The number of aliphatic hydroxyl groups is 1. The first-order valence-corrected chi connectivity index (χ1v) is 6.62. The van der Waals surface area contributed by atoms with Crippen LogP contribution in [-0.4, -0.2) is 29.8 Å². The summed E-state index contributed by atoms with van der Waals surface area (Å²) in [6.07, 6.45) is 4.66. The van der Waals surface area contributed by atoms with Crippen molar-refractivity contribution in [3.05, 3.63) is 0 Å². The molecule has 5 nitrogen and oxygen atoms in total. The molecule has 1 unspecified atom stereocenters. The SMILES string of the molecule is CCCCCCCCOC(=O)C(O)CCC(=O)[O-]. The number of carboxylic acids is 1. The average molecular weight is 259 g/mol. The zero-order valence-electron chi connectivity index (χ0n) is 11.0. The molecule has 0 aromatic carbocycles. The first kappa shape index (κ1) is 16.9. The highest BCUT2D eigenvalue weighted by molar-refractivity contribution is 5.75. The number of hydrogen-bond acceptors (Lipinski definition) is 5. The molecule has 1 atom stereocenters. The highest BCUT2D eigenvalue weighted by atomic mass is 16.5. The van der Waals surface area contributed by atoms with Crippen LogP contribution in [0.1, 0.15) is 58.3 Å². The van der Waals surface area contributed by atoms with E-state index in [0.29, 0.717) is 0 Å². The number of esters is 1. The highest BCUT2D eigenvalue weighted by Gasteiger charge is 2.15. The Hall–Kier alpha value is -1.10. The summed E-state index contributed by atoms with van der Waals surface area (Å²) in [7, 11) is 0. The van der Waals surface area contributed by atoms with E-state index in [2.05, 4.69) is 6.92 Å². The molecule has 106 valence electrons. The minimum atomic E-state index is -1.36. The predicted octanol–water partition coefficient (Wildman–Crippen LogP) is 0.781. The molecule has 0 aliphatic carbocycles. The Morgan fingerprint density at radius 3 is 2.39 bits per heavy atom. The monoisotopic (exact) mass is 259 g/mol. The van der Waals surface area contributed by atoms with Crippen molar-refractivity contribution in [2.24, 2.45) is 0 Å². The fraction of sp³-hybridized carbons (Fsp3) is 0.846. The van der Waals surface area contributed by atoms with Crippen molar-refractivity contribution in [2.75, 3.05) is 6.61 Å².